The molecule has 1 aliphatic rings. The third-order valence-electron chi connectivity index (χ3n) is 5.14. The number of H-pyrrole nitrogens is 1. The molecule has 5 rings (SSSR count). The van der Waals surface area contributed by atoms with Gasteiger partial charge in [0.25, 0.3) is 0 Å². The van der Waals surface area contributed by atoms with Crippen LogP contribution in [0.3, 0.4) is 0 Å². The highest BCUT2D eigenvalue weighted by atomic mass is 19.4. The Labute approximate surface area is 173 Å². The molecule has 12 heteroatoms. The van der Waals surface area contributed by atoms with Gasteiger partial charge in [-0.3, -0.25) is 9.50 Å². The van der Waals surface area contributed by atoms with Crippen molar-refractivity contribution in [3.63, 3.8) is 0 Å². The summed E-state index contributed by atoms with van der Waals surface area (Å²) in [6.07, 6.45) is 1.99. The maximum Gasteiger partial charge on any atom is 0.434 e. The number of fused-ring (bicyclic) bond motifs is 1. The van der Waals surface area contributed by atoms with Crippen molar-refractivity contribution in [1.29, 1.82) is 0 Å². The van der Waals surface area contributed by atoms with E-state index in [2.05, 4.69) is 30.1 Å². The van der Waals surface area contributed by atoms with Gasteiger partial charge in [-0.1, -0.05) is 0 Å². The van der Waals surface area contributed by atoms with Gasteiger partial charge in [-0.15, -0.1) is 0 Å². The van der Waals surface area contributed by atoms with Gasteiger partial charge in [0.2, 0.25) is 0 Å². The molecule has 0 amide bonds. The van der Waals surface area contributed by atoms with Crippen LogP contribution in [0.25, 0.3) is 17.2 Å². The van der Waals surface area contributed by atoms with E-state index in [9.17, 15) is 13.2 Å². The highest BCUT2D eigenvalue weighted by molar-refractivity contribution is 5.58. The number of morpholine rings is 1. The normalized spacial score (nSPS) is 17.4. The van der Waals surface area contributed by atoms with Crippen molar-refractivity contribution in [3.05, 3.63) is 54.0 Å². The zero-order valence-electron chi connectivity index (χ0n) is 16.3. The second kappa shape index (κ2) is 7.30. The first kappa shape index (κ1) is 19.4. The number of nitrogens with zero attached hydrogens (tertiary/aromatic N) is 7. The van der Waals surface area contributed by atoms with Crippen LogP contribution >= 0.6 is 0 Å². The summed E-state index contributed by atoms with van der Waals surface area (Å²) in [7, 11) is 0. The lowest BCUT2D eigenvalue weighted by atomic mass is 10.1. The van der Waals surface area contributed by atoms with E-state index >= 15 is 0 Å². The maximum absolute atomic E-state index is 13.1. The molecular formula is C19H17F3N8O. The van der Waals surface area contributed by atoms with Gasteiger partial charge in [-0.25, -0.2) is 19.9 Å². The Hall–Kier alpha value is -3.54. The SMILES string of the molecule is Cc1cn[nH]c1C1CN(c2ccnc(-c3cnc4cnc(C(F)(F)F)cn34)n2)CCO1. The van der Waals surface area contributed by atoms with Crippen molar-refractivity contribution < 1.29 is 17.9 Å². The number of aromatic amines is 1. The van der Waals surface area contributed by atoms with Crippen LogP contribution in [0.4, 0.5) is 19.0 Å². The third kappa shape index (κ3) is 3.58. The summed E-state index contributed by atoms with van der Waals surface area (Å²) in [4.78, 5) is 18.5. The van der Waals surface area contributed by atoms with Crippen LogP contribution in [0.1, 0.15) is 23.1 Å². The lowest BCUT2D eigenvalue weighted by Crippen LogP contribution is -2.39. The number of aromatic nitrogens is 7. The maximum atomic E-state index is 13.1. The summed E-state index contributed by atoms with van der Waals surface area (Å²) >= 11 is 0. The largest absolute Gasteiger partial charge is 0.434 e. The molecule has 0 spiro atoms. The molecule has 1 aliphatic heterocycles. The summed E-state index contributed by atoms with van der Waals surface area (Å²) in [5, 5.41) is 7.03. The minimum absolute atomic E-state index is 0.189. The smallest absolute Gasteiger partial charge is 0.368 e. The van der Waals surface area contributed by atoms with Crippen LogP contribution in [0.5, 0.6) is 0 Å². The summed E-state index contributed by atoms with van der Waals surface area (Å²) in [6, 6.07) is 1.76. The number of halogens is 3. The fraction of sp³-hybridized carbons (Fsp3) is 0.316. The van der Waals surface area contributed by atoms with Crippen molar-refractivity contribution in [2.45, 2.75) is 19.2 Å². The fourth-order valence-electron chi connectivity index (χ4n) is 3.56. The zero-order valence-corrected chi connectivity index (χ0v) is 16.3. The van der Waals surface area contributed by atoms with Gasteiger partial charge >= 0.3 is 6.18 Å². The minimum atomic E-state index is -4.56. The monoisotopic (exact) mass is 430 g/mol. The van der Waals surface area contributed by atoms with Crippen LogP contribution in [-0.2, 0) is 10.9 Å². The molecule has 5 heterocycles. The Morgan fingerprint density at radius 2 is 2.03 bits per heavy atom. The highest BCUT2D eigenvalue weighted by Crippen LogP contribution is 2.29. The minimum Gasteiger partial charge on any atom is -0.368 e. The van der Waals surface area contributed by atoms with Crippen LogP contribution < -0.4 is 4.90 Å². The molecule has 0 radical (unpaired) electrons. The van der Waals surface area contributed by atoms with Gasteiger partial charge in [0, 0.05) is 18.9 Å². The molecule has 4 aromatic rings. The quantitative estimate of drug-likeness (QED) is 0.534. The molecule has 1 N–H and O–H groups in total. The molecule has 4 aromatic heterocycles. The first-order valence-corrected chi connectivity index (χ1v) is 9.50. The molecule has 0 saturated carbocycles. The van der Waals surface area contributed by atoms with Crippen molar-refractivity contribution in [1.82, 2.24) is 34.5 Å². The number of anilines is 1. The van der Waals surface area contributed by atoms with Crippen LogP contribution in [0.15, 0.2) is 37.1 Å². The number of aryl methyl sites for hydroxylation is 1. The lowest BCUT2D eigenvalue weighted by molar-refractivity contribution is -0.141. The molecule has 9 nitrogen and oxygen atoms in total. The number of ether oxygens (including phenoxy) is 1. The van der Waals surface area contributed by atoms with E-state index in [1.165, 1.54) is 10.6 Å². The fourth-order valence-corrected chi connectivity index (χ4v) is 3.56. The number of hydrogen-bond donors (Lipinski definition) is 1. The molecule has 1 fully saturated rings. The number of hydrogen-bond acceptors (Lipinski definition) is 7. The Morgan fingerprint density at radius 3 is 2.81 bits per heavy atom. The molecule has 0 bridgehead atoms. The second-order valence-electron chi connectivity index (χ2n) is 7.15. The van der Waals surface area contributed by atoms with Gasteiger partial charge in [-0.2, -0.15) is 18.3 Å². The van der Waals surface area contributed by atoms with Crippen LogP contribution in [0.2, 0.25) is 0 Å². The van der Waals surface area contributed by atoms with Gasteiger partial charge in [0.15, 0.2) is 17.2 Å². The third-order valence-corrected chi connectivity index (χ3v) is 5.14. The number of imidazole rings is 1. The lowest BCUT2D eigenvalue weighted by Gasteiger charge is -2.33. The molecular weight excluding hydrogens is 413 g/mol. The van der Waals surface area contributed by atoms with Gasteiger partial charge in [0.1, 0.15) is 17.6 Å². The van der Waals surface area contributed by atoms with Crippen molar-refractivity contribution in [2.24, 2.45) is 0 Å². The van der Waals surface area contributed by atoms with Gasteiger partial charge in [-0.05, 0) is 18.6 Å². The van der Waals surface area contributed by atoms with E-state index in [1.807, 2.05) is 11.8 Å². The average Bonchev–Trinajstić information content (AvgIpc) is 3.39. The molecule has 0 aromatic carbocycles. The molecule has 1 atom stereocenters. The Balaban J connectivity index is 1.47. The predicted octanol–water partition coefficient (Wildman–Crippen LogP) is 2.81. The summed E-state index contributed by atoms with van der Waals surface area (Å²) < 4.78 is 46.4. The summed E-state index contributed by atoms with van der Waals surface area (Å²) in [5.41, 5.74) is 1.53. The van der Waals surface area contributed by atoms with Gasteiger partial charge in [0.05, 0.1) is 37.4 Å². The molecule has 1 saturated heterocycles. The molecule has 1 unspecified atom stereocenters. The number of alkyl halides is 3. The average molecular weight is 430 g/mol. The van der Waals surface area contributed by atoms with Crippen molar-refractivity contribution in [3.8, 4) is 11.5 Å². The predicted molar refractivity (Wildman–Crippen MR) is 103 cm³/mol. The topological polar surface area (TPSA) is 97.1 Å². The zero-order chi connectivity index (χ0) is 21.6. The van der Waals surface area contributed by atoms with E-state index in [0.29, 0.717) is 31.2 Å². The Morgan fingerprint density at radius 1 is 1.16 bits per heavy atom. The molecule has 160 valence electrons. The van der Waals surface area contributed by atoms with E-state index in [1.54, 1.807) is 18.5 Å². The summed E-state index contributed by atoms with van der Waals surface area (Å²) in [6.45, 7) is 3.63. The first-order chi connectivity index (χ1) is 14.9. The summed E-state index contributed by atoms with van der Waals surface area (Å²) in [5.74, 6) is 0.917. The van der Waals surface area contributed by atoms with Gasteiger partial charge < -0.3 is 9.64 Å². The van der Waals surface area contributed by atoms with Crippen LogP contribution in [-0.4, -0.2) is 54.2 Å². The number of nitrogens with one attached hydrogen (secondary N) is 1. The Bertz CT molecular complexity index is 1230. The van der Waals surface area contributed by atoms with E-state index in [-0.39, 0.29) is 17.6 Å². The van der Waals surface area contributed by atoms with E-state index in [0.717, 1.165) is 23.7 Å². The van der Waals surface area contributed by atoms with Crippen molar-refractivity contribution in [2.75, 3.05) is 24.6 Å². The highest BCUT2D eigenvalue weighted by Gasteiger charge is 2.33. The van der Waals surface area contributed by atoms with Crippen molar-refractivity contribution >= 4 is 11.5 Å². The van der Waals surface area contributed by atoms with Crippen LogP contribution in [0, 0.1) is 6.92 Å². The first-order valence-electron chi connectivity index (χ1n) is 9.50. The second-order valence-corrected chi connectivity index (χ2v) is 7.15. The van der Waals surface area contributed by atoms with E-state index in [4.69, 9.17) is 4.74 Å². The van der Waals surface area contributed by atoms with E-state index < -0.39 is 11.9 Å². The standard InChI is InChI=1S/C19H17F3N8O/c1-11-6-26-28-17(11)13-9-29(4-5-31-13)15-2-3-23-18(27-15)12-7-25-16-8-24-14(10-30(12)16)19(20,21)22/h2-3,6-8,10,13H,4-5,9H2,1H3,(H,26,28). The Kier molecular flexibility index (Phi) is 4.58. The molecule has 0 aliphatic carbocycles. The molecule has 31 heavy (non-hydrogen) atoms. The number of rotatable bonds is 3.